The highest BCUT2D eigenvalue weighted by Crippen LogP contribution is 2.28. The number of aliphatic hydroxyl groups excluding tert-OH is 2. The molecule has 1 aromatic rings. The van der Waals surface area contributed by atoms with Crippen molar-refractivity contribution < 1.29 is 28.1 Å². The first-order chi connectivity index (χ1) is 10.8. The number of anilines is 1. The van der Waals surface area contributed by atoms with Crippen LogP contribution in [0.3, 0.4) is 0 Å². The second kappa shape index (κ2) is 7.43. The molecule has 130 valence electrons. The number of aliphatic hydroxyl groups is 2. The molecule has 1 saturated heterocycles. The minimum atomic E-state index is -4.55. The number of halogens is 3. The Morgan fingerprint density at radius 1 is 1.30 bits per heavy atom. The number of aromatic nitrogens is 1. The summed E-state index contributed by atoms with van der Waals surface area (Å²) in [5, 5.41) is 25.9. The van der Waals surface area contributed by atoms with Gasteiger partial charge in [0.15, 0.2) is 0 Å². The van der Waals surface area contributed by atoms with E-state index in [1.54, 1.807) is 0 Å². The highest BCUT2D eigenvalue weighted by molar-refractivity contribution is 5.37. The lowest BCUT2D eigenvalue weighted by Crippen LogP contribution is -2.58. The Bertz CT molecular complexity index is 516. The molecule has 9 heteroatoms. The molecular formula is C14H20F3N3O3. The van der Waals surface area contributed by atoms with Crippen LogP contribution in [0.1, 0.15) is 12.6 Å². The minimum absolute atomic E-state index is 0.0372. The third-order valence-corrected chi connectivity index (χ3v) is 3.60. The zero-order valence-corrected chi connectivity index (χ0v) is 12.5. The molecule has 0 bridgehead atoms. The van der Waals surface area contributed by atoms with Crippen molar-refractivity contribution in [3.8, 4) is 0 Å². The van der Waals surface area contributed by atoms with E-state index in [9.17, 15) is 23.4 Å². The fraction of sp³-hybridized carbons (Fsp3) is 0.643. The zero-order chi connectivity index (χ0) is 17.0. The number of likely N-dealkylation sites (N-methyl/N-ethyl adjacent to an activating group) is 1. The molecule has 4 N–H and O–H groups in total. The van der Waals surface area contributed by atoms with Crippen LogP contribution in [0, 0.1) is 0 Å². The number of hydrogen-bond donors (Lipinski definition) is 4. The first-order valence-electron chi connectivity index (χ1n) is 7.32. The summed E-state index contributed by atoms with van der Waals surface area (Å²) in [6, 6.07) is 2.69. The molecule has 2 rings (SSSR count). The minimum Gasteiger partial charge on any atom is -0.388 e. The van der Waals surface area contributed by atoms with Gasteiger partial charge in [-0.2, -0.15) is 13.2 Å². The number of rotatable bonds is 5. The van der Waals surface area contributed by atoms with Gasteiger partial charge >= 0.3 is 6.18 Å². The van der Waals surface area contributed by atoms with E-state index in [1.165, 1.54) is 12.1 Å². The molecule has 0 saturated carbocycles. The predicted octanol–water partition coefficient (Wildman–Crippen LogP) is 0.611. The summed E-state index contributed by atoms with van der Waals surface area (Å²) >= 11 is 0. The van der Waals surface area contributed by atoms with Crippen LogP contribution in [0.15, 0.2) is 18.2 Å². The van der Waals surface area contributed by atoms with E-state index in [0.717, 1.165) is 6.07 Å². The third-order valence-electron chi connectivity index (χ3n) is 3.60. The van der Waals surface area contributed by atoms with Gasteiger partial charge in [0.25, 0.3) is 0 Å². The first-order valence-corrected chi connectivity index (χ1v) is 7.32. The standard InChI is InChI=1S/C14H20F3N3O3/c1-2-18-6-9-13(22)12(21)8(7-23-9)19-11-5-3-4-10(20-11)14(15,16)17/h3-5,8-9,12-13,18,21-22H,2,6-7H2,1H3,(H,19,20)/t8-,9+,12+,13-/m0/s1. The lowest BCUT2D eigenvalue weighted by Gasteiger charge is -2.38. The number of ether oxygens (including phenoxy) is 1. The van der Waals surface area contributed by atoms with E-state index < -0.39 is 36.2 Å². The topological polar surface area (TPSA) is 86.6 Å². The summed E-state index contributed by atoms with van der Waals surface area (Å²) < 4.78 is 43.4. The van der Waals surface area contributed by atoms with Gasteiger partial charge in [-0.15, -0.1) is 0 Å². The van der Waals surface area contributed by atoms with Crippen LogP contribution in [0.5, 0.6) is 0 Å². The van der Waals surface area contributed by atoms with Crippen LogP contribution in [-0.4, -0.2) is 59.2 Å². The smallest absolute Gasteiger partial charge is 0.388 e. The van der Waals surface area contributed by atoms with Crippen molar-refractivity contribution in [1.82, 2.24) is 10.3 Å². The highest BCUT2D eigenvalue weighted by Gasteiger charge is 2.38. The van der Waals surface area contributed by atoms with Crippen molar-refractivity contribution in [2.24, 2.45) is 0 Å². The van der Waals surface area contributed by atoms with Gasteiger partial charge in [0.05, 0.1) is 18.8 Å². The largest absolute Gasteiger partial charge is 0.433 e. The molecule has 0 amide bonds. The predicted molar refractivity (Wildman–Crippen MR) is 76.9 cm³/mol. The summed E-state index contributed by atoms with van der Waals surface area (Å²) in [6.45, 7) is 3.02. The molecule has 23 heavy (non-hydrogen) atoms. The third kappa shape index (κ3) is 4.54. The molecule has 0 spiro atoms. The van der Waals surface area contributed by atoms with Crippen molar-refractivity contribution in [3.63, 3.8) is 0 Å². The van der Waals surface area contributed by atoms with Crippen LogP contribution in [0.2, 0.25) is 0 Å². The number of alkyl halides is 3. The van der Waals surface area contributed by atoms with Gasteiger partial charge in [-0.25, -0.2) is 4.98 Å². The van der Waals surface area contributed by atoms with Crippen molar-refractivity contribution in [3.05, 3.63) is 23.9 Å². The SMILES string of the molecule is CCNC[C@H]1OC[C@H](Nc2cccc(C(F)(F)F)n2)[C@@H](O)[C@H]1O. The molecule has 4 atom stereocenters. The van der Waals surface area contributed by atoms with Crippen molar-refractivity contribution in [2.45, 2.75) is 37.5 Å². The van der Waals surface area contributed by atoms with E-state index in [1.807, 2.05) is 6.92 Å². The normalized spacial score (nSPS) is 28.6. The van der Waals surface area contributed by atoms with Crippen LogP contribution in [0.4, 0.5) is 19.0 Å². The molecule has 0 aliphatic carbocycles. The van der Waals surface area contributed by atoms with Crippen LogP contribution in [0.25, 0.3) is 0 Å². The van der Waals surface area contributed by atoms with Crippen LogP contribution in [-0.2, 0) is 10.9 Å². The molecule has 0 aromatic carbocycles. The Hall–Kier alpha value is -1.42. The summed E-state index contributed by atoms with van der Waals surface area (Å²) in [7, 11) is 0. The lowest BCUT2D eigenvalue weighted by molar-refractivity contribution is -0.141. The molecule has 1 fully saturated rings. The van der Waals surface area contributed by atoms with E-state index in [4.69, 9.17) is 4.74 Å². The Kier molecular flexibility index (Phi) is 5.79. The molecule has 2 heterocycles. The van der Waals surface area contributed by atoms with Gasteiger partial charge in [-0.1, -0.05) is 13.0 Å². The zero-order valence-electron chi connectivity index (χ0n) is 12.5. The lowest BCUT2D eigenvalue weighted by atomic mass is 9.98. The van der Waals surface area contributed by atoms with Crippen molar-refractivity contribution >= 4 is 5.82 Å². The second-order valence-corrected chi connectivity index (χ2v) is 5.32. The van der Waals surface area contributed by atoms with E-state index >= 15 is 0 Å². The van der Waals surface area contributed by atoms with Gasteiger partial charge in [0, 0.05) is 6.54 Å². The number of pyridine rings is 1. The van der Waals surface area contributed by atoms with Gasteiger partial charge in [0.2, 0.25) is 0 Å². The maximum Gasteiger partial charge on any atom is 0.433 e. The maximum atomic E-state index is 12.6. The molecule has 0 radical (unpaired) electrons. The van der Waals surface area contributed by atoms with Gasteiger partial charge in [-0.3, -0.25) is 0 Å². The average Bonchev–Trinajstić information content (AvgIpc) is 2.51. The fourth-order valence-electron chi connectivity index (χ4n) is 2.34. The number of nitrogens with one attached hydrogen (secondary N) is 2. The quantitative estimate of drug-likeness (QED) is 0.631. The molecule has 1 aliphatic heterocycles. The van der Waals surface area contributed by atoms with E-state index in [0.29, 0.717) is 13.1 Å². The Morgan fingerprint density at radius 2 is 2.04 bits per heavy atom. The fourth-order valence-corrected chi connectivity index (χ4v) is 2.34. The van der Waals surface area contributed by atoms with E-state index in [-0.39, 0.29) is 12.4 Å². The molecule has 6 nitrogen and oxygen atoms in total. The van der Waals surface area contributed by atoms with Gasteiger partial charge in [-0.05, 0) is 18.7 Å². The van der Waals surface area contributed by atoms with Crippen LogP contribution >= 0.6 is 0 Å². The molecule has 1 aromatic heterocycles. The summed E-state index contributed by atoms with van der Waals surface area (Å²) in [4.78, 5) is 3.47. The summed E-state index contributed by atoms with van der Waals surface area (Å²) in [6.07, 6.45) is -7.44. The number of nitrogens with zero attached hydrogens (tertiary/aromatic N) is 1. The monoisotopic (exact) mass is 335 g/mol. The number of hydrogen-bond acceptors (Lipinski definition) is 6. The van der Waals surface area contributed by atoms with Crippen LogP contribution < -0.4 is 10.6 Å². The van der Waals surface area contributed by atoms with Crippen molar-refractivity contribution in [1.29, 1.82) is 0 Å². The molecule has 1 aliphatic rings. The van der Waals surface area contributed by atoms with Gasteiger partial charge in [0.1, 0.15) is 23.7 Å². The second-order valence-electron chi connectivity index (χ2n) is 5.32. The Morgan fingerprint density at radius 3 is 2.70 bits per heavy atom. The van der Waals surface area contributed by atoms with Gasteiger partial charge < -0.3 is 25.6 Å². The molecular weight excluding hydrogens is 315 g/mol. The van der Waals surface area contributed by atoms with E-state index in [2.05, 4.69) is 15.6 Å². The first kappa shape index (κ1) is 17.9. The molecule has 0 unspecified atom stereocenters. The summed E-state index contributed by atoms with van der Waals surface area (Å²) in [5.74, 6) is -0.0372. The van der Waals surface area contributed by atoms with Crippen molar-refractivity contribution in [2.75, 3.05) is 25.0 Å². The Balaban J connectivity index is 2.01. The maximum absolute atomic E-state index is 12.6. The average molecular weight is 335 g/mol. The highest BCUT2D eigenvalue weighted by atomic mass is 19.4. The summed E-state index contributed by atoms with van der Waals surface area (Å²) in [5.41, 5.74) is -1.03. The Labute approximate surface area is 131 Å².